The molecule has 0 saturated carbocycles. The molecule has 4 nitrogen and oxygen atoms in total. The molecular weight excluding hydrogens is 335 g/mol. The van der Waals surface area contributed by atoms with Gasteiger partial charge < -0.3 is 9.47 Å². The summed E-state index contributed by atoms with van der Waals surface area (Å²) in [4.78, 5) is 26.4. The van der Waals surface area contributed by atoms with E-state index in [4.69, 9.17) is 9.47 Å². The van der Waals surface area contributed by atoms with Crippen LogP contribution in [0, 0.1) is 13.8 Å². The van der Waals surface area contributed by atoms with E-state index in [0.717, 1.165) is 11.1 Å². The number of carbonyl (C=O) groups excluding carboxylic acids is 2. The molecule has 2 aromatic rings. The highest BCUT2D eigenvalue weighted by Crippen LogP contribution is 2.47. The highest BCUT2D eigenvalue weighted by molar-refractivity contribution is 7.90. The summed E-state index contributed by atoms with van der Waals surface area (Å²) in [6, 6.07) is 10.9. The number of aryl methyl sites for hydroxylation is 2. The average Bonchev–Trinajstić information content (AvgIpc) is 2.61. The summed E-state index contributed by atoms with van der Waals surface area (Å²) in [6.45, 7) is 5.67. The molecule has 2 aromatic carbocycles. The van der Waals surface area contributed by atoms with Crippen molar-refractivity contribution in [1.82, 2.24) is 0 Å². The smallest absolute Gasteiger partial charge is 0.199 e. The molecule has 0 aliphatic carbocycles. The van der Waals surface area contributed by atoms with Crippen LogP contribution in [0.1, 0.15) is 38.8 Å². The molecular formula is C20H23O4P. The van der Waals surface area contributed by atoms with Crippen molar-refractivity contribution in [3.63, 3.8) is 0 Å². The standard InChI is InChI=1S/C20H23O4P/c1-6-25(19(21)17-13(2)9-7-10-14(17)3)20(22)18-15(23-4)11-8-12-16(18)24-5/h7-12H,6H2,1-5H3. The Morgan fingerprint density at radius 3 is 1.72 bits per heavy atom. The number of ether oxygens (including phenoxy) is 2. The Labute approximate surface area is 149 Å². The third-order valence-electron chi connectivity index (χ3n) is 4.14. The second-order valence-electron chi connectivity index (χ2n) is 5.66. The maximum absolute atomic E-state index is 13.2. The van der Waals surface area contributed by atoms with E-state index in [9.17, 15) is 9.59 Å². The molecule has 0 saturated heterocycles. The molecule has 1 unspecified atom stereocenters. The number of methoxy groups -OCH3 is 2. The van der Waals surface area contributed by atoms with E-state index in [0.29, 0.717) is 28.8 Å². The number of rotatable bonds is 7. The van der Waals surface area contributed by atoms with E-state index in [-0.39, 0.29) is 11.0 Å². The van der Waals surface area contributed by atoms with Crippen molar-refractivity contribution < 1.29 is 19.1 Å². The fourth-order valence-corrected chi connectivity index (χ4v) is 4.73. The predicted octanol–water partition coefficient (Wildman–Crippen LogP) is 4.80. The lowest BCUT2D eigenvalue weighted by Gasteiger charge is -2.19. The molecule has 0 N–H and O–H groups in total. The number of carbonyl (C=O) groups is 2. The quantitative estimate of drug-likeness (QED) is 0.667. The third-order valence-corrected chi connectivity index (χ3v) is 6.20. The van der Waals surface area contributed by atoms with Gasteiger partial charge in [-0.25, -0.2) is 0 Å². The van der Waals surface area contributed by atoms with E-state index in [1.54, 1.807) is 18.2 Å². The Bertz CT molecular complexity index is 756. The van der Waals surface area contributed by atoms with Gasteiger partial charge in [-0.1, -0.05) is 31.2 Å². The van der Waals surface area contributed by atoms with Crippen molar-refractivity contribution in [1.29, 1.82) is 0 Å². The normalized spacial score (nSPS) is 11.7. The Morgan fingerprint density at radius 2 is 1.28 bits per heavy atom. The van der Waals surface area contributed by atoms with Crippen molar-refractivity contribution in [2.75, 3.05) is 20.4 Å². The van der Waals surface area contributed by atoms with Gasteiger partial charge in [0.2, 0.25) is 0 Å². The molecule has 0 bridgehead atoms. The molecule has 0 heterocycles. The summed E-state index contributed by atoms with van der Waals surface area (Å²) < 4.78 is 10.7. The van der Waals surface area contributed by atoms with E-state index in [2.05, 4.69) is 0 Å². The molecule has 0 aromatic heterocycles. The number of hydrogen-bond donors (Lipinski definition) is 0. The van der Waals surface area contributed by atoms with E-state index in [1.165, 1.54) is 14.2 Å². The fraction of sp³-hybridized carbons (Fsp3) is 0.300. The monoisotopic (exact) mass is 358 g/mol. The van der Waals surface area contributed by atoms with Crippen LogP contribution in [-0.4, -0.2) is 31.4 Å². The summed E-state index contributed by atoms with van der Waals surface area (Å²) in [6.07, 6.45) is 0.474. The Hall–Kier alpha value is -2.19. The maximum Gasteiger partial charge on any atom is 0.199 e. The molecule has 25 heavy (non-hydrogen) atoms. The third kappa shape index (κ3) is 3.74. The van der Waals surface area contributed by atoms with Gasteiger partial charge in [-0.05, 0) is 43.3 Å². The molecule has 5 heteroatoms. The first-order valence-corrected chi connectivity index (χ1v) is 9.62. The van der Waals surface area contributed by atoms with E-state index in [1.807, 2.05) is 39.0 Å². The minimum absolute atomic E-state index is 0.0916. The molecule has 1 atom stereocenters. The fourth-order valence-electron chi connectivity index (χ4n) is 2.86. The number of hydrogen-bond acceptors (Lipinski definition) is 4. The topological polar surface area (TPSA) is 52.6 Å². The molecule has 0 radical (unpaired) electrons. The second kappa shape index (κ2) is 8.26. The largest absolute Gasteiger partial charge is 0.496 e. The average molecular weight is 358 g/mol. The first-order chi connectivity index (χ1) is 12.0. The van der Waals surface area contributed by atoms with Crippen LogP contribution in [0.3, 0.4) is 0 Å². The lowest BCUT2D eigenvalue weighted by molar-refractivity contribution is 0.104. The van der Waals surface area contributed by atoms with E-state index < -0.39 is 7.92 Å². The summed E-state index contributed by atoms with van der Waals surface area (Å²) in [5.41, 5.74) is 2.49. The summed E-state index contributed by atoms with van der Waals surface area (Å²) in [7, 11) is 1.47. The Morgan fingerprint density at radius 1 is 0.840 bits per heavy atom. The molecule has 0 amide bonds. The van der Waals surface area contributed by atoms with Gasteiger partial charge in [-0.15, -0.1) is 0 Å². The van der Waals surface area contributed by atoms with Crippen LogP contribution in [-0.2, 0) is 0 Å². The van der Waals surface area contributed by atoms with Crippen molar-refractivity contribution in [3.8, 4) is 11.5 Å². The number of benzene rings is 2. The zero-order valence-electron chi connectivity index (χ0n) is 15.3. The van der Waals surface area contributed by atoms with Gasteiger partial charge in [0.05, 0.1) is 14.2 Å². The van der Waals surface area contributed by atoms with E-state index >= 15 is 0 Å². The molecule has 0 fully saturated rings. The predicted molar refractivity (Wildman–Crippen MR) is 102 cm³/mol. The van der Waals surface area contributed by atoms with Gasteiger partial charge >= 0.3 is 0 Å². The first kappa shape index (κ1) is 19.1. The first-order valence-electron chi connectivity index (χ1n) is 8.09. The minimum Gasteiger partial charge on any atom is -0.496 e. The zero-order chi connectivity index (χ0) is 18.6. The van der Waals surface area contributed by atoms with Gasteiger partial charge in [-0.3, -0.25) is 9.59 Å². The molecule has 0 aliphatic heterocycles. The Kier molecular flexibility index (Phi) is 6.33. The van der Waals surface area contributed by atoms with Gasteiger partial charge in [0.15, 0.2) is 11.0 Å². The van der Waals surface area contributed by atoms with Gasteiger partial charge in [0, 0.05) is 13.5 Å². The van der Waals surface area contributed by atoms with Crippen LogP contribution >= 0.6 is 7.92 Å². The maximum atomic E-state index is 13.2. The summed E-state index contributed by atoms with van der Waals surface area (Å²) >= 11 is 0. The lowest BCUT2D eigenvalue weighted by atomic mass is 10.0. The summed E-state index contributed by atoms with van der Waals surface area (Å²) in [5.74, 6) is 0.860. The van der Waals surface area contributed by atoms with Crippen LogP contribution in [0.25, 0.3) is 0 Å². The molecule has 0 aliphatic rings. The minimum atomic E-state index is -1.55. The molecule has 2 rings (SSSR count). The molecule has 132 valence electrons. The highest BCUT2D eigenvalue weighted by atomic mass is 31.1. The Balaban J connectivity index is 2.52. The lowest BCUT2D eigenvalue weighted by Crippen LogP contribution is -2.12. The van der Waals surface area contributed by atoms with Crippen LogP contribution in [0.15, 0.2) is 36.4 Å². The summed E-state index contributed by atoms with van der Waals surface area (Å²) in [5, 5.41) is 0. The van der Waals surface area contributed by atoms with Crippen molar-refractivity contribution in [3.05, 3.63) is 58.7 Å². The zero-order valence-corrected chi connectivity index (χ0v) is 16.1. The van der Waals surface area contributed by atoms with Crippen LogP contribution in [0.5, 0.6) is 11.5 Å². The van der Waals surface area contributed by atoms with Gasteiger partial charge in [-0.2, -0.15) is 0 Å². The van der Waals surface area contributed by atoms with Crippen molar-refractivity contribution in [2.45, 2.75) is 20.8 Å². The van der Waals surface area contributed by atoms with Crippen LogP contribution < -0.4 is 9.47 Å². The van der Waals surface area contributed by atoms with Gasteiger partial charge in [0.25, 0.3) is 0 Å². The molecule has 0 spiro atoms. The van der Waals surface area contributed by atoms with Crippen LogP contribution in [0.4, 0.5) is 0 Å². The highest BCUT2D eigenvalue weighted by Gasteiger charge is 2.32. The van der Waals surface area contributed by atoms with Crippen molar-refractivity contribution >= 4 is 19.0 Å². The SMILES string of the molecule is CCP(C(=O)c1c(C)cccc1C)C(=O)c1c(OC)cccc1OC. The van der Waals surface area contributed by atoms with Crippen molar-refractivity contribution in [2.24, 2.45) is 0 Å². The van der Waals surface area contributed by atoms with Gasteiger partial charge in [0.1, 0.15) is 17.1 Å². The van der Waals surface area contributed by atoms with Crippen LogP contribution in [0.2, 0.25) is 0 Å². The second-order valence-corrected chi connectivity index (χ2v) is 7.96.